The lowest BCUT2D eigenvalue weighted by Gasteiger charge is -2.43. The van der Waals surface area contributed by atoms with E-state index in [4.69, 9.17) is 10.5 Å². The Bertz CT molecular complexity index is 1190. The van der Waals surface area contributed by atoms with Crippen LogP contribution < -0.4 is 5.73 Å². The van der Waals surface area contributed by atoms with Gasteiger partial charge in [0.2, 0.25) is 0 Å². The largest absolute Gasteiger partial charge is 0.386 e. The highest BCUT2D eigenvalue weighted by atomic mass is 32.2. The van der Waals surface area contributed by atoms with Gasteiger partial charge in [0.05, 0.1) is 17.6 Å². The zero-order valence-corrected chi connectivity index (χ0v) is 18.8. The normalized spacial score (nSPS) is 24.2. The third-order valence-electron chi connectivity index (χ3n) is 6.24. The first-order valence-electron chi connectivity index (χ1n) is 10.3. The van der Waals surface area contributed by atoms with Crippen LogP contribution in [0.5, 0.6) is 0 Å². The number of halogens is 1. The maximum absolute atomic E-state index is 14.9. The average molecular weight is 461 g/mol. The molecule has 32 heavy (non-hydrogen) atoms. The monoisotopic (exact) mass is 460 g/mol. The lowest BCUT2D eigenvalue weighted by atomic mass is 9.89. The Balaban J connectivity index is 1.69. The lowest BCUT2D eigenvalue weighted by Crippen LogP contribution is -2.60. The molecule has 0 aliphatic carbocycles. The van der Waals surface area contributed by atoms with Gasteiger partial charge < -0.3 is 10.5 Å². The van der Waals surface area contributed by atoms with Gasteiger partial charge in [-0.1, -0.05) is 6.07 Å². The number of benzene rings is 1. The van der Waals surface area contributed by atoms with Crippen LogP contribution in [-0.4, -0.2) is 53.7 Å². The number of carbonyl (C=O) groups is 1. The van der Waals surface area contributed by atoms with Gasteiger partial charge in [-0.2, -0.15) is 0 Å². The predicted octanol–water partition coefficient (Wildman–Crippen LogP) is 1.90. The first-order valence-corrected chi connectivity index (χ1v) is 12.0. The number of ether oxygens (including phenoxy) is 1. The highest BCUT2D eigenvalue weighted by Gasteiger charge is 2.55. The van der Waals surface area contributed by atoms with Crippen LogP contribution in [0.25, 0.3) is 0 Å². The molecule has 8 nitrogen and oxygen atoms in total. The van der Waals surface area contributed by atoms with Gasteiger partial charge in [0.1, 0.15) is 27.6 Å². The van der Waals surface area contributed by atoms with Gasteiger partial charge in [-0.15, -0.1) is 0 Å². The zero-order valence-electron chi connectivity index (χ0n) is 18.0. The van der Waals surface area contributed by atoms with E-state index in [0.717, 1.165) is 0 Å². The van der Waals surface area contributed by atoms with Crippen molar-refractivity contribution in [1.82, 2.24) is 9.97 Å². The summed E-state index contributed by atoms with van der Waals surface area (Å²) in [5.74, 6) is -1.27. The zero-order chi connectivity index (χ0) is 23.1. The van der Waals surface area contributed by atoms with Crippen molar-refractivity contribution in [3.8, 4) is 0 Å². The fraction of sp³-hybridized carbons (Fsp3) is 0.455. The molecule has 2 aliphatic rings. The quantitative estimate of drug-likeness (QED) is 0.691. The highest BCUT2D eigenvalue weighted by Crippen LogP contribution is 2.42. The Morgan fingerprint density at radius 2 is 1.94 bits per heavy atom. The number of rotatable bonds is 4. The van der Waals surface area contributed by atoms with Gasteiger partial charge in [-0.3, -0.25) is 14.8 Å². The molecule has 2 aromatic rings. The minimum Gasteiger partial charge on any atom is -0.386 e. The van der Waals surface area contributed by atoms with E-state index in [2.05, 4.69) is 15.0 Å². The number of aromatic nitrogens is 2. The van der Waals surface area contributed by atoms with E-state index in [1.54, 1.807) is 13.8 Å². The molecule has 1 spiro atoms. The van der Waals surface area contributed by atoms with Crippen molar-refractivity contribution in [3.63, 3.8) is 0 Å². The molecular formula is C22H25FN4O4S. The number of Topliss-reactive ketones (excluding diaryl/α,β-unsaturated/α-hetero) is 1. The molecule has 10 heteroatoms. The van der Waals surface area contributed by atoms with Crippen molar-refractivity contribution in [1.29, 1.82) is 0 Å². The van der Waals surface area contributed by atoms with E-state index in [0.29, 0.717) is 11.3 Å². The minimum atomic E-state index is -3.74. The first-order chi connectivity index (χ1) is 15.1. The van der Waals surface area contributed by atoms with Gasteiger partial charge in [-0.05, 0) is 44.4 Å². The van der Waals surface area contributed by atoms with E-state index < -0.39 is 25.9 Å². The van der Waals surface area contributed by atoms with Crippen LogP contribution in [0.1, 0.15) is 47.1 Å². The van der Waals surface area contributed by atoms with E-state index in [-0.39, 0.29) is 61.1 Å². The molecule has 2 N–H and O–H groups in total. The maximum atomic E-state index is 14.9. The second-order valence-electron chi connectivity index (χ2n) is 8.59. The van der Waals surface area contributed by atoms with Crippen LogP contribution in [0.3, 0.4) is 0 Å². The van der Waals surface area contributed by atoms with Crippen molar-refractivity contribution in [2.75, 3.05) is 19.0 Å². The van der Waals surface area contributed by atoms with Gasteiger partial charge in [0.15, 0.2) is 15.6 Å². The standard InChI is InChI=1S/C22H25FN4O4S/c1-14-11-26-18(12-25-14)19(28)10-15-3-4-17(23)16(9-15)21(2)13-32(29,30)22(20(24)27-21)5-7-31-8-6-22/h3-4,9,11-12H,5-8,10,13H2,1-2H3,(H2,24,27)/t21-/m0/s1. The molecule has 1 saturated heterocycles. The molecule has 1 atom stereocenters. The first kappa shape index (κ1) is 22.5. The third kappa shape index (κ3) is 3.81. The fourth-order valence-electron chi connectivity index (χ4n) is 4.38. The molecule has 0 saturated carbocycles. The summed E-state index contributed by atoms with van der Waals surface area (Å²) >= 11 is 0. The van der Waals surface area contributed by atoms with E-state index in [1.807, 2.05) is 0 Å². The van der Waals surface area contributed by atoms with Gasteiger partial charge in [-0.25, -0.2) is 17.8 Å². The molecule has 3 heterocycles. The Kier molecular flexibility index (Phi) is 5.62. The van der Waals surface area contributed by atoms with Gasteiger partial charge in [0.25, 0.3) is 0 Å². The number of aryl methyl sites for hydroxylation is 1. The Morgan fingerprint density at radius 1 is 1.22 bits per heavy atom. The van der Waals surface area contributed by atoms with Crippen molar-refractivity contribution in [2.24, 2.45) is 10.7 Å². The summed E-state index contributed by atoms with van der Waals surface area (Å²) in [5.41, 5.74) is 6.31. The Morgan fingerprint density at radius 3 is 2.56 bits per heavy atom. The number of nitrogens with two attached hydrogens (primary N) is 1. The van der Waals surface area contributed by atoms with Crippen LogP contribution in [0.4, 0.5) is 4.39 Å². The number of hydrogen-bond donors (Lipinski definition) is 1. The molecule has 1 aromatic heterocycles. The molecule has 1 aromatic carbocycles. The third-order valence-corrected chi connectivity index (χ3v) is 8.99. The Hall–Kier alpha value is -2.72. The number of carbonyl (C=O) groups excluding carboxylic acids is 1. The van der Waals surface area contributed by atoms with Gasteiger partial charge in [0, 0.05) is 31.4 Å². The number of hydrogen-bond acceptors (Lipinski definition) is 8. The summed E-state index contributed by atoms with van der Waals surface area (Å²) in [6, 6.07) is 4.20. The molecule has 2 aliphatic heterocycles. The molecule has 0 radical (unpaired) electrons. The molecular weight excluding hydrogens is 435 g/mol. The van der Waals surface area contributed by atoms with Crippen LogP contribution in [-0.2, 0) is 26.5 Å². The molecule has 170 valence electrons. The van der Waals surface area contributed by atoms with E-state index in [9.17, 15) is 17.6 Å². The summed E-state index contributed by atoms with van der Waals surface area (Å²) in [4.78, 5) is 25.3. The second kappa shape index (κ2) is 8.00. The fourth-order valence-corrected chi connectivity index (χ4v) is 6.77. The van der Waals surface area contributed by atoms with Crippen molar-refractivity contribution in [3.05, 3.63) is 58.9 Å². The number of sulfone groups is 1. The second-order valence-corrected chi connectivity index (χ2v) is 10.9. The molecule has 0 amide bonds. The molecule has 0 unspecified atom stereocenters. The topological polar surface area (TPSA) is 125 Å². The van der Waals surface area contributed by atoms with E-state index in [1.165, 1.54) is 30.6 Å². The molecule has 0 bridgehead atoms. The van der Waals surface area contributed by atoms with Gasteiger partial charge >= 0.3 is 0 Å². The summed E-state index contributed by atoms with van der Waals surface area (Å²) < 4.78 is 45.6. The summed E-state index contributed by atoms with van der Waals surface area (Å²) in [6.45, 7) is 3.88. The lowest BCUT2D eigenvalue weighted by molar-refractivity contribution is 0.0875. The SMILES string of the molecule is Cc1cnc(C(=O)Cc2ccc(F)c([C@]3(C)CS(=O)(=O)C4(CCOCC4)C(N)=N3)c2)cn1. The van der Waals surface area contributed by atoms with Crippen molar-refractivity contribution >= 4 is 21.5 Å². The van der Waals surface area contributed by atoms with E-state index >= 15 is 0 Å². The minimum absolute atomic E-state index is 0.00893. The number of amidine groups is 1. The predicted molar refractivity (Wildman–Crippen MR) is 117 cm³/mol. The highest BCUT2D eigenvalue weighted by molar-refractivity contribution is 7.93. The van der Waals surface area contributed by atoms with Crippen molar-refractivity contribution in [2.45, 2.75) is 43.4 Å². The van der Waals surface area contributed by atoms with Crippen LogP contribution in [0, 0.1) is 12.7 Å². The average Bonchev–Trinajstić information content (AvgIpc) is 2.74. The van der Waals surface area contributed by atoms with Crippen LogP contribution in [0.2, 0.25) is 0 Å². The molecule has 4 rings (SSSR count). The smallest absolute Gasteiger partial charge is 0.187 e. The van der Waals surface area contributed by atoms with Crippen LogP contribution in [0.15, 0.2) is 35.6 Å². The Labute approximate surface area is 186 Å². The number of nitrogens with zero attached hydrogens (tertiary/aromatic N) is 3. The summed E-state index contributed by atoms with van der Waals surface area (Å²) in [6.07, 6.45) is 3.33. The summed E-state index contributed by atoms with van der Waals surface area (Å²) in [7, 11) is -3.74. The summed E-state index contributed by atoms with van der Waals surface area (Å²) in [5, 5.41) is 0. The van der Waals surface area contributed by atoms with Crippen molar-refractivity contribution < 1.29 is 22.3 Å². The maximum Gasteiger partial charge on any atom is 0.187 e. The van der Waals surface area contributed by atoms with Crippen LogP contribution >= 0.6 is 0 Å². The number of aliphatic imine (C=N–C) groups is 1. The number of ketones is 1. The molecule has 1 fully saturated rings.